The molecule has 2 N–H and O–H groups in total. The predicted molar refractivity (Wildman–Crippen MR) is 88.5 cm³/mol. The maximum Gasteiger partial charge on any atom is 0.229 e. The van der Waals surface area contributed by atoms with Crippen LogP contribution in [0.2, 0.25) is 0 Å². The van der Waals surface area contributed by atoms with Crippen LogP contribution in [-0.2, 0) is 4.74 Å². The minimum atomic E-state index is 0.0488. The highest BCUT2D eigenvalue weighted by Gasteiger charge is 2.23. The molecule has 1 aliphatic rings. The zero-order chi connectivity index (χ0) is 15.5. The van der Waals surface area contributed by atoms with Crippen LogP contribution in [0.3, 0.4) is 0 Å². The molecule has 1 saturated heterocycles. The predicted octanol–water partition coefficient (Wildman–Crippen LogP) is 3.26. The Hall–Kier alpha value is -1.86. The van der Waals surface area contributed by atoms with Gasteiger partial charge in [0.25, 0.3) is 0 Å². The van der Waals surface area contributed by atoms with E-state index in [9.17, 15) is 5.11 Å². The normalized spacial score (nSPS) is 17.5. The third-order valence-corrected chi connectivity index (χ3v) is 4.08. The summed E-state index contributed by atoms with van der Waals surface area (Å²) in [7, 11) is 1.97. The molecular formula is C15H17BrN4O2. The van der Waals surface area contributed by atoms with Crippen molar-refractivity contribution >= 4 is 33.4 Å². The van der Waals surface area contributed by atoms with Crippen LogP contribution in [0.4, 0.5) is 17.5 Å². The Balaban J connectivity index is 1.81. The molecule has 2 aromatic rings. The van der Waals surface area contributed by atoms with Crippen LogP contribution in [-0.4, -0.2) is 35.0 Å². The number of phenolic OH excluding ortho intramolecular Hbond substituents is 1. The Kier molecular flexibility index (Phi) is 4.44. The second-order valence-electron chi connectivity index (χ2n) is 5.12. The number of aromatic hydroxyl groups is 1. The van der Waals surface area contributed by atoms with Crippen LogP contribution >= 0.6 is 15.9 Å². The van der Waals surface area contributed by atoms with Crippen molar-refractivity contribution in [1.82, 2.24) is 9.97 Å². The summed E-state index contributed by atoms with van der Waals surface area (Å²) >= 11 is 3.49. The lowest BCUT2D eigenvalue weighted by Gasteiger charge is -2.25. The third-order valence-electron chi connectivity index (χ3n) is 3.52. The van der Waals surface area contributed by atoms with Crippen LogP contribution in [0.25, 0.3) is 0 Å². The number of phenols is 1. The summed E-state index contributed by atoms with van der Waals surface area (Å²) in [5.74, 6) is 1.50. The molecule has 3 rings (SSSR count). The number of rotatable bonds is 4. The van der Waals surface area contributed by atoms with Gasteiger partial charge in [0.15, 0.2) is 0 Å². The van der Waals surface area contributed by atoms with E-state index in [-0.39, 0.29) is 12.0 Å². The molecule has 0 bridgehead atoms. The van der Waals surface area contributed by atoms with E-state index < -0.39 is 0 Å². The monoisotopic (exact) mass is 364 g/mol. The quantitative estimate of drug-likeness (QED) is 0.811. The van der Waals surface area contributed by atoms with Crippen molar-refractivity contribution in [2.24, 2.45) is 0 Å². The number of hydrogen-bond acceptors (Lipinski definition) is 6. The Labute approximate surface area is 137 Å². The summed E-state index contributed by atoms with van der Waals surface area (Å²) in [5, 5.41) is 12.4. The van der Waals surface area contributed by atoms with Gasteiger partial charge in [0.2, 0.25) is 5.95 Å². The number of ether oxygens (including phenoxy) is 1. The highest BCUT2D eigenvalue weighted by atomic mass is 79.9. The maximum atomic E-state index is 9.31. The summed E-state index contributed by atoms with van der Waals surface area (Å²) in [5.41, 5.74) is 0.811. The molecule has 0 aliphatic carbocycles. The lowest BCUT2D eigenvalue weighted by atomic mass is 10.3. The van der Waals surface area contributed by atoms with Crippen LogP contribution in [0, 0.1) is 0 Å². The third kappa shape index (κ3) is 3.31. The number of hydrogen-bond donors (Lipinski definition) is 2. The fourth-order valence-corrected chi connectivity index (χ4v) is 2.81. The van der Waals surface area contributed by atoms with E-state index in [1.165, 1.54) is 0 Å². The van der Waals surface area contributed by atoms with Gasteiger partial charge in [0.05, 0.1) is 4.47 Å². The molecule has 0 amide bonds. The Morgan fingerprint density at radius 1 is 1.36 bits per heavy atom. The number of benzene rings is 1. The molecule has 0 spiro atoms. The molecule has 0 saturated carbocycles. The molecule has 2 heterocycles. The van der Waals surface area contributed by atoms with E-state index in [0.717, 1.165) is 35.4 Å². The van der Waals surface area contributed by atoms with Crippen molar-refractivity contribution in [1.29, 1.82) is 0 Å². The van der Waals surface area contributed by atoms with Gasteiger partial charge in [-0.25, -0.2) is 4.98 Å². The van der Waals surface area contributed by atoms with Crippen LogP contribution in [0.5, 0.6) is 5.75 Å². The van der Waals surface area contributed by atoms with Crippen molar-refractivity contribution in [3.63, 3.8) is 0 Å². The topological polar surface area (TPSA) is 70.5 Å². The van der Waals surface area contributed by atoms with Gasteiger partial charge in [0.1, 0.15) is 17.8 Å². The molecule has 1 aliphatic heterocycles. The minimum Gasteiger partial charge on any atom is -0.508 e. The van der Waals surface area contributed by atoms with Gasteiger partial charge in [-0.15, -0.1) is 0 Å². The summed E-state index contributed by atoms with van der Waals surface area (Å²) in [6, 6.07) is 6.76. The summed E-state index contributed by atoms with van der Waals surface area (Å²) < 4.78 is 6.51. The first-order valence-electron chi connectivity index (χ1n) is 7.06. The molecule has 22 heavy (non-hydrogen) atoms. The Morgan fingerprint density at radius 3 is 2.82 bits per heavy atom. The van der Waals surface area contributed by atoms with Crippen molar-refractivity contribution in [3.05, 3.63) is 34.9 Å². The number of aromatic nitrogens is 2. The SMILES string of the molecule is CN(c1nc(Nc2ccc(O)cc2)ncc1Br)C1CCCO1. The number of nitrogens with one attached hydrogen (secondary N) is 1. The largest absolute Gasteiger partial charge is 0.508 e. The van der Waals surface area contributed by atoms with Gasteiger partial charge in [-0.05, 0) is 53.0 Å². The molecule has 0 radical (unpaired) electrons. The van der Waals surface area contributed by atoms with Gasteiger partial charge >= 0.3 is 0 Å². The smallest absolute Gasteiger partial charge is 0.229 e. The molecular weight excluding hydrogens is 348 g/mol. The van der Waals surface area contributed by atoms with Crippen LogP contribution in [0.1, 0.15) is 12.8 Å². The first-order chi connectivity index (χ1) is 10.6. The van der Waals surface area contributed by atoms with E-state index in [2.05, 4.69) is 31.2 Å². The molecule has 1 atom stereocenters. The number of anilines is 3. The lowest BCUT2D eigenvalue weighted by molar-refractivity contribution is 0.111. The van der Waals surface area contributed by atoms with Crippen molar-refractivity contribution in [2.75, 3.05) is 23.9 Å². The highest BCUT2D eigenvalue weighted by molar-refractivity contribution is 9.10. The Bertz CT molecular complexity index is 644. The van der Waals surface area contributed by atoms with E-state index in [1.54, 1.807) is 30.5 Å². The Morgan fingerprint density at radius 2 is 2.14 bits per heavy atom. The standard InChI is InChI=1S/C15H17BrN4O2/c1-20(13-3-2-8-22-13)14-12(16)9-17-15(19-14)18-10-4-6-11(21)7-5-10/h4-7,9,13,21H,2-3,8H2,1H3,(H,17,18,19). The fourth-order valence-electron chi connectivity index (χ4n) is 2.34. The van der Waals surface area contributed by atoms with Crippen molar-refractivity contribution in [3.8, 4) is 5.75 Å². The number of nitrogens with zero attached hydrogens (tertiary/aromatic N) is 3. The molecule has 1 fully saturated rings. The van der Waals surface area contributed by atoms with Gasteiger partial charge in [0, 0.05) is 25.5 Å². The summed E-state index contributed by atoms with van der Waals surface area (Å²) in [4.78, 5) is 10.8. The average Bonchev–Trinajstić information content (AvgIpc) is 3.05. The highest BCUT2D eigenvalue weighted by Crippen LogP contribution is 2.29. The molecule has 116 valence electrons. The molecule has 6 nitrogen and oxygen atoms in total. The maximum absolute atomic E-state index is 9.31. The zero-order valence-corrected chi connectivity index (χ0v) is 13.7. The van der Waals surface area contributed by atoms with Gasteiger partial charge in [-0.1, -0.05) is 0 Å². The molecule has 7 heteroatoms. The fraction of sp³-hybridized carbons (Fsp3) is 0.333. The summed E-state index contributed by atoms with van der Waals surface area (Å²) in [6.45, 7) is 0.788. The van der Waals surface area contributed by atoms with Gasteiger partial charge in [-0.3, -0.25) is 0 Å². The first-order valence-corrected chi connectivity index (χ1v) is 7.86. The second kappa shape index (κ2) is 6.50. The minimum absolute atomic E-state index is 0.0488. The van der Waals surface area contributed by atoms with Crippen molar-refractivity contribution < 1.29 is 9.84 Å². The zero-order valence-electron chi connectivity index (χ0n) is 12.2. The van der Waals surface area contributed by atoms with E-state index >= 15 is 0 Å². The molecule has 1 unspecified atom stereocenters. The van der Waals surface area contributed by atoms with E-state index in [0.29, 0.717) is 5.95 Å². The van der Waals surface area contributed by atoms with Crippen LogP contribution < -0.4 is 10.2 Å². The molecule has 1 aromatic heterocycles. The van der Waals surface area contributed by atoms with Gasteiger partial charge < -0.3 is 20.1 Å². The number of halogens is 1. The lowest BCUT2D eigenvalue weighted by Crippen LogP contribution is -2.31. The van der Waals surface area contributed by atoms with E-state index in [1.807, 2.05) is 11.9 Å². The first kappa shape index (κ1) is 15.1. The van der Waals surface area contributed by atoms with E-state index in [4.69, 9.17) is 4.74 Å². The van der Waals surface area contributed by atoms with Gasteiger partial charge in [-0.2, -0.15) is 4.98 Å². The van der Waals surface area contributed by atoms with Crippen LogP contribution in [0.15, 0.2) is 34.9 Å². The van der Waals surface area contributed by atoms with Crippen molar-refractivity contribution in [2.45, 2.75) is 19.1 Å². The summed E-state index contributed by atoms with van der Waals surface area (Å²) in [6.07, 6.45) is 3.83. The molecule has 1 aromatic carbocycles. The average molecular weight is 365 g/mol. The second-order valence-corrected chi connectivity index (χ2v) is 5.97.